The maximum Gasteiger partial charge on any atom is 0.407 e. The molecule has 0 radical (unpaired) electrons. The summed E-state index contributed by atoms with van der Waals surface area (Å²) in [6.07, 6.45) is 3.00. The first-order valence-electron chi connectivity index (χ1n) is 8.77. The Labute approximate surface area is 163 Å². The van der Waals surface area contributed by atoms with Crippen LogP contribution in [0.1, 0.15) is 30.6 Å². The average Bonchev–Trinajstić information content (AvgIpc) is 3.41. The van der Waals surface area contributed by atoms with Gasteiger partial charge in [-0.25, -0.2) is 14.5 Å². The van der Waals surface area contributed by atoms with Gasteiger partial charge < -0.3 is 15.0 Å². The summed E-state index contributed by atoms with van der Waals surface area (Å²) in [6.45, 7) is 0.131. The van der Waals surface area contributed by atoms with Crippen LogP contribution in [0.15, 0.2) is 34.5 Å². The predicted molar refractivity (Wildman–Crippen MR) is 99.2 cm³/mol. The normalized spacial score (nSPS) is 19.1. The number of amides is 1. The molecule has 0 spiro atoms. The maximum atomic E-state index is 12.9. The summed E-state index contributed by atoms with van der Waals surface area (Å²) in [4.78, 5) is 22.8. The number of nitrogens with one attached hydrogen (secondary N) is 1. The summed E-state index contributed by atoms with van der Waals surface area (Å²) < 4.78 is 31.4. The first-order valence-corrected chi connectivity index (χ1v) is 9.65. The molecular weight excluding hydrogens is 390 g/mol. The lowest BCUT2D eigenvalue weighted by atomic mass is 10.1. The minimum Gasteiger partial charge on any atom is -0.450 e. The van der Waals surface area contributed by atoms with Crippen molar-refractivity contribution in [1.29, 1.82) is 0 Å². The molecule has 1 saturated heterocycles. The largest absolute Gasteiger partial charge is 0.450 e. The van der Waals surface area contributed by atoms with Crippen LogP contribution in [0.4, 0.5) is 13.6 Å². The monoisotopic (exact) mass is 408 g/mol. The zero-order valence-electron chi connectivity index (χ0n) is 15.0. The van der Waals surface area contributed by atoms with Crippen LogP contribution in [0, 0.1) is 0 Å². The van der Waals surface area contributed by atoms with Crippen molar-refractivity contribution in [3.63, 3.8) is 0 Å². The third-order valence-electron chi connectivity index (χ3n) is 4.50. The fourth-order valence-corrected chi connectivity index (χ4v) is 4.01. The molecule has 2 aromatic rings. The molecular formula is C17H18F2N6O2S. The number of fused-ring (bicyclic) bond motifs is 1. The van der Waals surface area contributed by atoms with Gasteiger partial charge in [-0.1, -0.05) is 0 Å². The molecule has 148 valence electrons. The van der Waals surface area contributed by atoms with Gasteiger partial charge in [-0.15, -0.1) is 11.3 Å². The van der Waals surface area contributed by atoms with Gasteiger partial charge in [0.15, 0.2) is 10.8 Å². The Bertz CT molecular complexity index is 924. The molecule has 1 unspecified atom stereocenters. The number of aromatic nitrogens is 3. The van der Waals surface area contributed by atoms with Crippen LogP contribution >= 0.6 is 11.3 Å². The lowest BCUT2D eigenvalue weighted by Gasteiger charge is -2.27. The number of halogens is 2. The second-order valence-corrected chi connectivity index (χ2v) is 7.13. The zero-order chi connectivity index (χ0) is 19.7. The van der Waals surface area contributed by atoms with Crippen molar-refractivity contribution in [3.05, 3.63) is 40.2 Å². The Balaban J connectivity index is 1.66. The van der Waals surface area contributed by atoms with Gasteiger partial charge >= 0.3 is 12.6 Å². The molecule has 0 bridgehead atoms. The van der Waals surface area contributed by atoms with Gasteiger partial charge in [0.1, 0.15) is 0 Å². The highest BCUT2D eigenvalue weighted by Gasteiger charge is 2.37. The Morgan fingerprint density at radius 1 is 1.50 bits per heavy atom. The van der Waals surface area contributed by atoms with Gasteiger partial charge in [-0.05, 0) is 13.0 Å². The number of hydrogen-bond donors (Lipinski definition) is 1. The first-order chi connectivity index (χ1) is 13.6. The summed E-state index contributed by atoms with van der Waals surface area (Å²) in [7, 11) is 0. The number of nitrogens with zero attached hydrogens (tertiary/aromatic N) is 5. The number of hydrogen-bond acceptors (Lipinski definition) is 7. The fourth-order valence-electron chi connectivity index (χ4n) is 3.36. The molecule has 4 rings (SSSR count). The van der Waals surface area contributed by atoms with Crippen LogP contribution < -0.4 is 5.32 Å². The standard InChI is InChI=1S/C17H18F2N6O2S/c1-2-27-17(26)22-10-7-13-11(12-3-5-25(23-12)16(18)19)8-21-14(24(13)9-10)15-20-4-6-28-15/h3-6,10,16H,2,7-9H2,1H3,(H,22,26). The molecule has 2 aliphatic heterocycles. The molecule has 0 aromatic carbocycles. The van der Waals surface area contributed by atoms with E-state index in [4.69, 9.17) is 4.74 Å². The highest BCUT2D eigenvalue weighted by atomic mass is 32.1. The van der Waals surface area contributed by atoms with Crippen molar-refractivity contribution in [2.45, 2.75) is 25.9 Å². The van der Waals surface area contributed by atoms with E-state index >= 15 is 0 Å². The third kappa shape index (κ3) is 3.49. The number of carbonyl (C=O) groups is 1. The smallest absolute Gasteiger partial charge is 0.407 e. The van der Waals surface area contributed by atoms with Crippen molar-refractivity contribution in [3.8, 4) is 0 Å². The number of alkyl carbamates (subject to hydrolysis) is 1. The van der Waals surface area contributed by atoms with E-state index in [1.165, 1.54) is 17.5 Å². The molecule has 0 aliphatic carbocycles. The van der Waals surface area contributed by atoms with E-state index in [-0.39, 0.29) is 12.6 Å². The molecule has 2 aliphatic rings. The summed E-state index contributed by atoms with van der Waals surface area (Å²) >= 11 is 1.47. The van der Waals surface area contributed by atoms with Crippen molar-refractivity contribution in [2.24, 2.45) is 4.99 Å². The molecule has 1 N–H and O–H groups in total. The van der Waals surface area contributed by atoms with Gasteiger partial charge in [0.25, 0.3) is 0 Å². The van der Waals surface area contributed by atoms with Gasteiger partial charge in [0.05, 0.1) is 24.9 Å². The first kappa shape index (κ1) is 18.5. The van der Waals surface area contributed by atoms with E-state index in [9.17, 15) is 13.6 Å². The zero-order valence-corrected chi connectivity index (χ0v) is 15.8. The third-order valence-corrected chi connectivity index (χ3v) is 5.27. The number of alkyl halides is 2. The summed E-state index contributed by atoms with van der Waals surface area (Å²) in [5, 5.41) is 9.46. The number of aliphatic imine (C=N–C) groups is 1. The van der Waals surface area contributed by atoms with E-state index in [1.54, 1.807) is 19.2 Å². The Kier molecular flexibility index (Phi) is 5.07. The summed E-state index contributed by atoms with van der Waals surface area (Å²) in [5.41, 5.74) is 2.13. The second kappa shape index (κ2) is 7.66. The highest BCUT2D eigenvalue weighted by molar-refractivity contribution is 7.11. The van der Waals surface area contributed by atoms with Crippen LogP contribution in [-0.4, -0.2) is 57.3 Å². The van der Waals surface area contributed by atoms with Crippen LogP contribution in [-0.2, 0) is 4.74 Å². The molecule has 1 amide bonds. The van der Waals surface area contributed by atoms with E-state index in [2.05, 4.69) is 20.4 Å². The lowest BCUT2D eigenvalue weighted by Crippen LogP contribution is -2.39. The molecule has 28 heavy (non-hydrogen) atoms. The SMILES string of the molecule is CCOC(=O)NC1CC2=C(c3ccn(C(F)F)n3)CN=C(c3nccs3)N2C1. The summed E-state index contributed by atoms with van der Waals surface area (Å²) in [5.74, 6) is 0.718. The molecule has 4 heterocycles. The molecule has 11 heteroatoms. The predicted octanol–water partition coefficient (Wildman–Crippen LogP) is 2.73. The topological polar surface area (TPSA) is 84.6 Å². The van der Waals surface area contributed by atoms with Gasteiger partial charge in [-0.2, -0.15) is 13.9 Å². The van der Waals surface area contributed by atoms with Gasteiger partial charge in [0.2, 0.25) is 0 Å². The second-order valence-electron chi connectivity index (χ2n) is 6.24. The molecule has 1 fully saturated rings. The molecule has 0 saturated carbocycles. The Morgan fingerprint density at radius 2 is 2.36 bits per heavy atom. The minimum atomic E-state index is -2.70. The highest BCUT2D eigenvalue weighted by Crippen LogP contribution is 2.35. The molecule has 2 aromatic heterocycles. The molecule has 1 atom stereocenters. The van der Waals surface area contributed by atoms with E-state index in [0.717, 1.165) is 22.1 Å². The quantitative estimate of drug-likeness (QED) is 0.822. The van der Waals surface area contributed by atoms with E-state index in [1.807, 2.05) is 10.3 Å². The number of rotatable bonds is 5. The van der Waals surface area contributed by atoms with Crippen molar-refractivity contribution in [1.82, 2.24) is 25.0 Å². The van der Waals surface area contributed by atoms with E-state index in [0.29, 0.717) is 29.9 Å². The Hall–Kier alpha value is -2.82. The van der Waals surface area contributed by atoms with Crippen LogP contribution in [0.5, 0.6) is 0 Å². The number of ether oxygens (including phenoxy) is 1. The maximum absolute atomic E-state index is 12.9. The van der Waals surface area contributed by atoms with Crippen molar-refractivity contribution in [2.75, 3.05) is 19.7 Å². The number of thiazole rings is 1. The number of carbonyl (C=O) groups excluding carboxylic acids is 1. The van der Waals surface area contributed by atoms with Gasteiger partial charge in [0, 0.05) is 42.0 Å². The fraction of sp³-hybridized carbons (Fsp3) is 0.412. The molecule has 8 nitrogen and oxygen atoms in total. The van der Waals surface area contributed by atoms with Crippen molar-refractivity contribution < 1.29 is 18.3 Å². The van der Waals surface area contributed by atoms with Crippen molar-refractivity contribution >= 4 is 28.8 Å². The Morgan fingerprint density at radius 3 is 3.04 bits per heavy atom. The summed E-state index contributed by atoms with van der Waals surface area (Å²) in [6, 6.07) is 1.37. The van der Waals surface area contributed by atoms with Gasteiger partial charge in [-0.3, -0.25) is 4.99 Å². The van der Waals surface area contributed by atoms with Crippen LogP contribution in [0.3, 0.4) is 0 Å². The van der Waals surface area contributed by atoms with E-state index < -0.39 is 12.6 Å². The van der Waals surface area contributed by atoms with Crippen LogP contribution in [0.25, 0.3) is 5.57 Å². The number of amidine groups is 1. The average molecular weight is 408 g/mol. The lowest BCUT2D eigenvalue weighted by molar-refractivity contribution is 0.0564. The minimum absolute atomic E-state index is 0.190. The van der Waals surface area contributed by atoms with Crippen LogP contribution in [0.2, 0.25) is 0 Å².